The van der Waals surface area contributed by atoms with E-state index in [9.17, 15) is 0 Å². The lowest BCUT2D eigenvalue weighted by molar-refractivity contribution is 1.29. The number of thiophene rings is 1. The minimum atomic E-state index is 1.07. The Balaban J connectivity index is 1.34. The molecule has 3 heteroatoms. The van der Waals surface area contributed by atoms with Crippen LogP contribution in [-0.4, -0.2) is 4.98 Å². The lowest BCUT2D eigenvalue weighted by atomic mass is 10.0. The summed E-state index contributed by atoms with van der Waals surface area (Å²) in [6.45, 7) is 0. The molecule has 0 N–H and O–H groups in total. The normalized spacial score (nSPS) is 11.2. The first-order valence-corrected chi connectivity index (χ1v) is 13.5. The quantitative estimate of drug-likeness (QED) is 0.232. The number of rotatable bonds is 5. The van der Waals surface area contributed by atoms with Gasteiger partial charge in [-0.05, 0) is 70.8 Å². The molecule has 0 radical (unpaired) electrons. The van der Waals surface area contributed by atoms with E-state index in [0.717, 1.165) is 21.9 Å². The SMILES string of the molecule is c1ccc(-c2ccc(N(c3ccc(-c4ccccc4)cc3)c3ccc4c(c3)sc3ncccc34)cc2)cc1. The highest BCUT2D eigenvalue weighted by atomic mass is 32.1. The number of benzene rings is 5. The Morgan fingerprint density at radius 1 is 0.447 bits per heavy atom. The van der Waals surface area contributed by atoms with Crippen molar-refractivity contribution in [2.75, 3.05) is 4.90 Å². The monoisotopic (exact) mass is 504 g/mol. The van der Waals surface area contributed by atoms with Crippen molar-refractivity contribution in [2.24, 2.45) is 0 Å². The summed E-state index contributed by atoms with van der Waals surface area (Å²) in [5.41, 5.74) is 8.23. The average molecular weight is 505 g/mol. The van der Waals surface area contributed by atoms with E-state index in [1.807, 2.05) is 12.3 Å². The Hall–Kier alpha value is -4.73. The van der Waals surface area contributed by atoms with Crippen LogP contribution in [0, 0.1) is 0 Å². The van der Waals surface area contributed by atoms with Crippen LogP contribution >= 0.6 is 11.3 Å². The molecule has 5 aromatic carbocycles. The zero-order valence-corrected chi connectivity index (χ0v) is 21.5. The van der Waals surface area contributed by atoms with Gasteiger partial charge in [-0.1, -0.05) is 91.0 Å². The molecule has 0 saturated carbocycles. The molecule has 0 aliphatic heterocycles. The topological polar surface area (TPSA) is 16.1 Å². The van der Waals surface area contributed by atoms with Gasteiger partial charge < -0.3 is 4.90 Å². The molecule has 0 aliphatic rings. The van der Waals surface area contributed by atoms with Gasteiger partial charge in [-0.25, -0.2) is 4.98 Å². The molecule has 2 heterocycles. The molecule has 0 spiro atoms. The van der Waals surface area contributed by atoms with Gasteiger partial charge in [0.15, 0.2) is 0 Å². The summed E-state index contributed by atoms with van der Waals surface area (Å²) in [6.07, 6.45) is 1.87. The van der Waals surface area contributed by atoms with Gasteiger partial charge in [-0.3, -0.25) is 0 Å². The standard InChI is InChI=1S/C35H24N2S/c1-3-8-25(9-4-1)27-13-17-29(18-14-27)37(30-19-15-28(16-20-30)26-10-5-2-6-11-26)31-21-22-32-33-12-7-23-36-35(33)38-34(32)24-31/h1-24H. The van der Waals surface area contributed by atoms with Gasteiger partial charge in [0.05, 0.1) is 0 Å². The maximum atomic E-state index is 4.59. The van der Waals surface area contributed by atoms with Crippen molar-refractivity contribution in [3.63, 3.8) is 0 Å². The first-order chi connectivity index (χ1) is 18.8. The number of fused-ring (bicyclic) bond motifs is 3. The molecule has 38 heavy (non-hydrogen) atoms. The van der Waals surface area contributed by atoms with Crippen LogP contribution in [0.1, 0.15) is 0 Å². The maximum Gasteiger partial charge on any atom is 0.124 e. The van der Waals surface area contributed by atoms with Gasteiger partial charge in [0.2, 0.25) is 0 Å². The third-order valence-corrected chi connectivity index (χ3v) is 8.03. The van der Waals surface area contributed by atoms with Gasteiger partial charge in [0.1, 0.15) is 4.83 Å². The van der Waals surface area contributed by atoms with Crippen molar-refractivity contribution in [3.8, 4) is 22.3 Å². The van der Waals surface area contributed by atoms with Crippen molar-refractivity contribution in [1.29, 1.82) is 0 Å². The van der Waals surface area contributed by atoms with E-state index in [0.29, 0.717) is 0 Å². The fourth-order valence-electron chi connectivity index (χ4n) is 5.05. The predicted octanol–water partition coefficient (Wildman–Crippen LogP) is 10.3. The highest BCUT2D eigenvalue weighted by Crippen LogP contribution is 2.40. The first-order valence-electron chi connectivity index (χ1n) is 12.7. The maximum absolute atomic E-state index is 4.59. The summed E-state index contributed by atoms with van der Waals surface area (Å²) in [5, 5.41) is 2.46. The number of hydrogen-bond donors (Lipinski definition) is 0. The summed E-state index contributed by atoms with van der Waals surface area (Å²) in [7, 11) is 0. The average Bonchev–Trinajstić information content (AvgIpc) is 3.37. The predicted molar refractivity (Wildman–Crippen MR) is 163 cm³/mol. The Morgan fingerprint density at radius 3 is 1.55 bits per heavy atom. The van der Waals surface area contributed by atoms with Gasteiger partial charge in [0.25, 0.3) is 0 Å². The summed E-state index contributed by atoms with van der Waals surface area (Å²) in [5.74, 6) is 0. The van der Waals surface area contributed by atoms with E-state index in [1.165, 1.54) is 37.7 Å². The van der Waals surface area contributed by atoms with Gasteiger partial charge in [-0.2, -0.15) is 0 Å². The van der Waals surface area contributed by atoms with E-state index < -0.39 is 0 Å². The molecular weight excluding hydrogens is 480 g/mol. The molecule has 2 aromatic heterocycles. The molecule has 0 unspecified atom stereocenters. The molecule has 0 saturated heterocycles. The van der Waals surface area contributed by atoms with Crippen LogP contribution < -0.4 is 4.90 Å². The molecular formula is C35H24N2S. The summed E-state index contributed by atoms with van der Waals surface area (Å²) in [4.78, 5) is 8.00. The van der Waals surface area contributed by atoms with Crippen LogP contribution in [0.4, 0.5) is 17.1 Å². The number of anilines is 3. The van der Waals surface area contributed by atoms with E-state index in [2.05, 4.69) is 143 Å². The molecule has 7 aromatic rings. The second-order valence-corrected chi connectivity index (χ2v) is 10.3. The van der Waals surface area contributed by atoms with Crippen LogP contribution in [0.5, 0.6) is 0 Å². The van der Waals surface area contributed by atoms with E-state index in [-0.39, 0.29) is 0 Å². The smallest absolute Gasteiger partial charge is 0.124 e. The summed E-state index contributed by atoms with van der Waals surface area (Å²) >= 11 is 1.75. The number of aromatic nitrogens is 1. The second-order valence-electron chi connectivity index (χ2n) is 9.30. The molecule has 0 aliphatic carbocycles. The largest absolute Gasteiger partial charge is 0.310 e. The van der Waals surface area contributed by atoms with Crippen LogP contribution in [-0.2, 0) is 0 Å². The third-order valence-electron chi connectivity index (χ3n) is 6.96. The minimum absolute atomic E-state index is 1.07. The molecule has 2 nitrogen and oxygen atoms in total. The van der Waals surface area contributed by atoms with E-state index in [4.69, 9.17) is 0 Å². The van der Waals surface area contributed by atoms with Crippen molar-refractivity contribution in [2.45, 2.75) is 0 Å². The Kier molecular flexibility index (Phi) is 5.69. The Labute approximate surface area is 226 Å². The first kappa shape index (κ1) is 22.5. The molecule has 0 fully saturated rings. The zero-order valence-electron chi connectivity index (χ0n) is 20.7. The number of pyridine rings is 1. The molecule has 180 valence electrons. The van der Waals surface area contributed by atoms with Crippen LogP contribution in [0.15, 0.2) is 146 Å². The lowest BCUT2D eigenvalue weighted by Crippen LogP contribution is -2.09. The number of hydrogen-bond acceptors (Lipinski definition) is 3. The summed E-state index contributed by atoms with van der Waals surface area (Å²) in [6, 6.07) is 49.6. The van der Waals surface area contributed by atoms with E-state index >= 15 is 0 Å². The zero-order chi connectivity index (χ0) is 25.3. The molecule has 7 rings (SSSR count). The fourth-order valence-corrected chi connectivity index (χ4v) is 6.13. The van der Waals surface area contributed by atoms with Gasteiger partial charge in [0, 0.05) is 38.7 Å². The van der Waals surface area contributed by atoms with Gasteiger partial charge >= 0.3 is 0 Å². The molecule has 0 amide bonds. The second kappa shape index (κ2) is 9.62. The number of nitrogens with zero attached hydrogens (tertiary/aromatic N) is 2. The van der Waals surface area contributed by atoms with E-state index in [1.54, 1.807) is 11.3 Å². The highest BCUT2D eigenvalue weighted by Gasteiger charge is 2.15. The third kappa shape index (κ3) is 4.13. The lowest BCUT2D eigenvalue weighted by Gasteiger charge is -2.26. The van der Waals surface area contributed by atoms with Crippen molar-refractivity contribution >= 4 is 48.7 Å². The molecule has 0 bridgehead atoms. The van der Waals surface area contributed by atoms with Crippen molar-refractivity contribution in [1.82, 2.24) is 4.98 Å². The van der Waals surface area contributed by atoms with Crippen LogP contribution in [0.2, 0.25) is 0 Å². The van der Waals surface area contributed by atoms with Crippen molar-refractivity contribution in [3.05, 3.63) is 146 Å². The fraction of sp³-hybridized carbons (Fsp3) is 0. The molecule has 0 atom stereocenters. The minimum Gasteiger partial charge on any atom is -0.310 e. The van der Waals surface area contributed by atoms with Crippen LogP contribution in [0.3, 0.4) is 0 Å². The van der Waals surface area contributed by atoms with Gasteiger partial charge in [-0.15, -0.1) is 11.3 Å². The van der Waals surface area contributed by atoms with Crippen molar-refractivity contribution < 1.29 is 0 Å². The summed E-state index contributed by atoms with van der Waals surface area (Å²) < 4.78 is 1.24. The Morgan fingerprint density at radius 2 is 0.974 bits per heavy atom. The Bertz CT molecular complexity index is 1760. The van der Waals surface area contributed by atoms with Crippen LogP contribution in [0.25, 0.3) is 42.6 Å². The highest BCUT2D eigenvalue weighted by molar-refractivity contribution is 7.25.